The van der Waals surface area contributed by atoms with Crippen molar-refractivity contribution < 1.29 is 9.59 Å². The van der Waals surface area contributed by atoms with Crippen LogP contribution in [-0.2, 0) is 4.79 Å². The molecule has 3 rings (SSSR count). The zero-order chi connectivity index (χ0) is 15.5. The first-order valence-corrected chi connectivity index (χ1v) is 7.35. The van der Waals surface area contributed by atoms with E-state index in [0.717, 1.165) is 10.9 Å². The van der Waals surface area contributed by atoms with Gasteiger partial charge in [-0.2, -0.15) is 5.10 Å². The van der Waals surface area contributed by atoms with Crippen LogP contribution in [0.2, 0.25) is 0 Å². The lowest BCUT2D eigenvalue weighted by molar-refractivity contribution is -0.131. The molecule has 0 aliphatic carbocycles. The van der Waals surface area contributed by atoms with Gasteiger partial charge >= 0.3 is 0 Å². The molecule has 2 amide bonds. The van der Waals surface area contributed by atoms with Crippen LogP contribution in [0.15, 0.2) is 24.3 Å². The highest BCUT2D eigenvalue weighted by molar-refractivity contribution is 6.04. The molecule has 1 saturated heterocycles. The van der Waals surface area contributed by atoms with E-state index >= 15 is 0 Å². The maximum atomic E-state index is 12.6. The van der Waals surface area contributed by atoms with Gasteiger partial charge in [0.05, 0.1) is 12.1 Å². The Morgan fingerprint density at radius 2 is 1.86 bits per heavy atom. The van der Waals surface area contributed by atoms with Crippen molar-refractivity contribution in [2.24, 2.45) is 0 Å². The highest BCUT2D eigenvalue weighted by atomic mass is 16.2. The molecule has 22 heavy (non-hydrogen) atoms. The number of piperazine rings is 1. The maximum absolute atomic E-state index is 12.6. The van der Waals surface area contributed by atoms with E-state index < -0.39 is 0 Å². The number of carbonyl (C=O) groups is 2. The van der Waals surface area contributed by atoms with Crippen molar-refractivity contribution in [1.29, 1.82) is 0 Å². The Kier molecular flexibility index (Phi) is 4.06. The Morgan fingerprint density at radius 1 is 1.18 bits per heavy atom. The van der Waals surface area contributed by atoms with Crippen molar-refractivity contribution in [2.45, 2.75) is 0 Å². The summed E-state index contributed by atoms with van der Waals surface area (Å²) in [4.78, 5) is 28.0. The third-order valence-electron chi connectivity index (χ3n) is 3.92. The Balaban J connectivity index is 1.69. The molecule has 2 heterocycles. The molecule has 1 aromatic heterocycles. The van der Waals surface area contributed by atoms with E-state index in [1.54, 1.807) is 16.8 Å². The van der Waals surface area contributed by atoms with Crippen molar-refractivity contribution in [3.05, 3.63) is 30.0 Å². The van der Waals surface area contributed by atoms with Gasteiger partial charge in [0, 0.05) is 31.6 Å². The van der Waals surface area contributed by atoms with Crippen LogP contribution in [0.4, 0.5) is 0 Å². The highest BCUT2D eigenvalue weighted by Crippen LogP contribution is 2.17. The SMILES string of the molecule is CNCC(=O)N1CCN(C(=O)c2n[nH]c3ccccc23)CC1. The predicted molar refractivity (Wildman–Crippen MR) is 82.5 cm³/mol. The van der Waals surface area contributed by atoms with Crippen LogP contribution in [0.25, 0.3) is 10.9 Å². The fourth-order valence-electron chi connectivity index (χ4n) is 2.70. The fourth-order valence-corrected chi connectivity index (χ4v) is 2.70. The number of hydrogen-bond donors (Lipinski definition) is 2. The van der Waals surface area contributed by atoms with Crippen molar-refractivity contribution in [2.75, 3.05) is 39.8 Å². The number of nitrogens with zero attached hydrogens (tertiary/aromatic N) is 3. The molecule has 1 aliphatic heterocycles. The van der Waals surface area contributed by atoms with Gasteiger partial charge in [-0.15, -0.1) is 0 Å². The number of likely N-dealkylation sites (N-methyl/N-ethyl adjacent to an activating group) is 1. The molecule has 2 N–H and O–H groups in total. The van der Waals surface area contributed by atoms with Crippen LogP contribution in [0.1, 0.15) is 10.5 Å². The summed E-state index contributed by atoms with van der Waals surface area (Å²) < 4.78 is 0. The largest absolute Gasteiger partial charge is 0.338 e. The predicted octanol–water partition coefficient (Wildman–Crippen LogP) is 0.0667. The monoisotopic (exact) mass is 301 g/mol. The molecule has 0 atom stereocenters. The molecule has 2 aromatic rings. The van der Waals surface area contributed by atoms with Gasteiger partial charge in [-0.1, -0.05) is 18.2 Å². The van der Waals surface area contributed by atoms with Crippen molar-refractivity contribution in [3.63, 3.8) is 0 Å². The van der Waals surface area contributed by atoms with Gasteiger partial charge in [-0.25, -0.2) is 0 Å². The van der Waals surface area contributed by atoms with Crippen LogP contribution in [-0.4, -0.2) is 71.6 Å². The second-order valence-electron chi connectivity index (χ2n) is 5.32. The molecule has 0 spiro atoms. The lowest BCUT2D eigenvalue weighted by Gasteiger charge is -2.34. The number of hydrogen-bond acceptors (Lipinski definition) is 4. The van der Waals surface area contributed by atoms with Crippen molar-refractivity contribution >= 4 is 22.7 Å². The van der Waals surface area contributed by atoms with E-state index in [2.05, 4.69) is 15.5 Å². The Hall–Kier alpha value is -2.41. The average Bonchev–Trinajstić information content (AvgIpc) is 2.98. The minimum atomic E-state index is -0.0850. The van der Waals surface area contributed by atoms with Gasteiger partial charge in [-0.3, -0.25) is 14.7 Å². The summed E-state index contributed by atoms with van der Waals surface area (Å²) >= 11 is 0. The smallest absolute Gasteiger partial charge is 0.275 e. The number of rotatable bonds is 3. The fraction of sp³-hybridized carbons (Fsp3) is 0.400. The first-order valence-electron chi connectivity index (χ1n) is 7.35. The maximum Gasteiger partial charge on any atom is 0.275 e. The van der Waals surface area contributed by atoms with Crippen LogP contribution in [0, 0.1) is 0 Å². The van der Waals surface area contributed by atoms with Crippen LogP contribution >= 0.6 is 0 Å². The molecule has 0 unspecified atom stereocenters. The van der Waals surface area contributed by atoms with E-state index in [0.29, 0.717) is 38.4 Å². The number of aromatic nitrogens is 2. The van der Waals surface area contributed by atoms with Gasteiger partial charge < -0.3 is 15.1 Å². The molecule has 116 valence electrons. The number of H-pyrrole nitrogens is 1. The number of carbonyl (C=O) groups excluding carboxylic acids is 2. The van der Waals surface area contributed by atoms with Crippen molar-refractivity contribution in [1.82, 2.24) is 25.3 Å². The van der Waals surface area contributed by atoms with Crippen LogP contribution < -0.4 is 5.32 Å². The lowest BCUT2D eigenvalue weighted by atomic mass is 10.2. The number of amides is 2. The molecule has 7 nitrogen and oxygen atoms in total. The third kappa shape index (κ3) is 2.67. The third-order valence-corrected chi connectivity index (χ3v) is 3.92. The minimum absolute atomic E-state index is 0.0693. The average molecular weight is 301 g/mol. The van der Waals surface area contributed by atoms with E-state index in [1.165, 1.54) is 0 Å². The normalized spacial score (nSPS) is 15.3. The van der Waals surface area contributed by atoms with Crippen LogP contribution in [0.3, 0.4) is 0 Å². The molecule has 0 saturated carbocycles. The van der Waals surface area contributed by atoms with Gasteiger partial charge in [0.25, 0.3) is 5.91 Å². The summed E-state index contributed by atoms with van der Waals surface area (Å²) in [5.74, 6) is -0.0158. The number of aromatic amines is 1. The highest BCUT2D eigenvalue weighted by Gasteiger charge is 2.26. The second kappa shape index (κ2) is 6.15. The topological polar surface area (TPSA) is 81.3 Å². The Bertz CT molecular complexity index is 688. The van der Waals surface area contributed by atoms with Gasteiger partial charge in [0.1, 0.15) is 0 Å². The molecule has 0 radical (unpaired) electrons. The number of benzene rings is 1. The van der Waals surface area contributed by atoms with E-state index in [4.69, 9.17) is 0 Å². The first-order chi connectivity index (χ1) is 10.7. The zero-order valence-corrected chi connectivity index (χ0v) is 12.5. The number of nitrogens with one attached hydrogen (secondary N) is 2. The standard InChI is InChI=1S/C15H19N5O2/c1-16-10-13(21)19-6-8-20(9-7-19)15(22)14-11-4-2-3-5-12(11)17-18-14/h2-5,16H,6-10H2,1H3,(H,17,18). The lowest BCUT2D eigenvalue weighted by Crippen LogP contribution is -2.52. The van der Waals surface area contributed by atoms with Gasteiger partial charge in [0.15, 0.2) is 5.69 Å². The quantitative estimate of drug-likeness (QED) is 0.840. The minimum Gasteiger partial charge on any atom is -0.338 e. The number of fused-ring (bicyclic) bond motifs is 1. The molecular formula is C15H19N5O2. The Morgan fingerprint density at radius 3 is 2.59 bits per heavy atom. The first kappa shape index (κ1) is 14.5. The summed E-state index contributed by atoms with van der Waals surface area (Å²) in [5, 5.41) is 10.7. The number of para-hydroxylation sites is 1. The summed E-state index contributed by atoms with van der Waals surface area (Å²) in [5.41, 5.74) is 1.30. The van der Waals surface area contributed by atoms with Crippen LogP contribution in [0.5, 0.6) is 0 Å². The van der Waals surface area contributed by atoms with Gasteiger partial charge in [0.2, 0.25) is 5.91 Å². The van der Waals surface area contributed by atoms with Crippen molar-refractivity contribution in [3.8, 4) is 0 Å². The zero-order valence-electron chi connectivity index (χ0n) is 12.5. The molecular weight excluding hydrogens is 282 g/mol. The van der Waals surface area contributed by atoms with E-state index in [9.17, 15) is 9.59 Å². The molecule has 7 heteroatoms. The Labute approximate surface area is 128 Å². The molecule has 1 aromatic carbocycles. The van der Waals surface area contributed by atoms with E-state index in [1.807, 2.05) is 24.3 Å². The summed E-state index contributed by atoms with van der Waals surface area (Å²) in [7, 11) is 1.75. The summed E-state index contributed by atoms with van der Waals surface area (Å²) in [6, 6.07) is 7.58. The molecule has 1 fully saturated rings. The summed E-state index contributed by atoms with van der Waals surface area (Å²) in [6.07, 6.45) is 0. The molecule has 0 bridgehead atoms. The second-order valence-corrected chi connectivity index (χ2v) is 5.32. The molecule has 1 aliphatic rings. The van der Waals surface area contributed by atoms with Gasteiger partial charge in [-0.05, 0) is 13.1 Å². The summed E-state index contributed by atoms with van der Waals surface area (Å²) in [6.45, 7) is 2.53. The van der Waals surface area contributed by atoms with E-state index in [-0.39, 0.29) is 11.8 Å².